The Bertz CT molecular complexity index is 404. The highest BCUT2D eigenvalue weighted by atomic mass is 16.2. The first-order valence-electron chi connectivity index (χ1n) is 6.50. The van der Waals surface area contributed by atoms with Crippen molar-refractivity contribution < 1.29 is 4.79 Å². The fourth-order valence-corrected chi connectivity index (χ4v) is 2.46. The monoisotopic (exact) mass is 248 g/mol. The second-order valence-corrected chi connectivity index (χ2v) is 4.63. The molecule has 18 heavy (non-hydrogen) atoms. The summed E-state index contributed by atoms with van der Waals surface area (Å²) in [7, 11) is 0. The molecule has 1 fully saturated rings. The third kappa shape index (κ3) is 2.61. The van der Waals surface area contributed by atoms with Gasteiger partial charge in [-0.3, -0.25) is 4.79 Å². The van der Waals surface area contributed by atoms with Gasteiger partial charge >= 0.3 is 0 Å². The van der Waals surface area contributed by atoms with Crippen molar-refractivity contribution in [3.05, 3.63) is 23.9 Å². The molecule has 1 aliphatic heterocycles. The van der Waals surface area contributed by atoms with Gasteiger partial charge in [-0.05, 0) is 37.8 Å². The Hall–Kier alpha value is -1.62. The fraction of sp³-hybridized carbons (Fsp3) is 0.538. The van der Waals surface area contributed by atoms with Crippen LogP contribution in [0.2, 0.25) is 0 Å². The Morgan fingerprint density at radius 2 is 2.39 bits per heavy atom. The maximum absolute atomic E-state index is 12.4. The van der Waals surface area contributed by atoms with E-state index in [1.807, 2.05) is 4.90 Å². The number of carbonyl (C=O) groups is 1. The van der Waals surface area contributed by atoms with E-state index in [1.54, 1.807) is 18.3 Å². The summed E-state index contributed by atoms with van der Waals surface area (Å²) in [6.45, 7) is 2.99. The van der Waals surface area contributed by atoms with Crippen molar-refractivity contribution in [1.82, 2.24) is 9.88 Å². The first-order valence-corrected chi connectivity index (χ1v) is 6.50. The lowest BCUT2D eigenvalue weighted by Crippen LogP contribution is -2.43. The number of hydrogen-bond donors (Lipinski definition) is 2. The zero-order valence-electron chi connectivity index (χ0n) is 10.7. The molecule has 5 heteroatoms. The summed E-state index contributed by atoms with van der Waals surface area (Å²) in [5.74, 6) is 5.90. The minimum Gasteiger partial charge on any atom is -0.336 e. The molecule has 2 heterocycles. The van der Waals surface area contributed by atoms with Crippen LogP contribution < -0.4 is 11.3 Å². The number of hydrogen-bond acceptors (Lipinski definition) is 4. The molecule has 0 radical (unpaired) electrons. The molecule has 1 aliphatic rings. The second-order valence-electron chi connectivity index (χ2n) is 4.63. The zero-order chi connectivity index (χ0) is 13.0. The van der Waals surface area contributed by atoms with Crippen LogP contribution in [0.5, 0.6) is 0 Å². The van der Waals surface area contributed by atoms with Crippen LogP contribution in [0.1, 0.15) is 43.0 Å². The lowest BCUT2D eigenvalue weighted by atomic mass is 9.99. The molecule has 98 valence electrons. The molecular weight excluding hydrogens is 228 g/mol. The number of carbonyl (C=O) groups excluding carboxylic acids is 1. The van der Waals surface area contributed by atoms with Crippen LogP contribution in [-0.2, 0) is 0 Å². The van der Waals surface area contributed by atoms with E-state index in [-0.39, 0.29) is 5.91 Å². The summed E-state index contributed by atoms with van der Waals surface area (Å²) in [5.41, 5.74) is 3.09. The van der Waals surface area contributed by atoms with Gasteiger partial charge in [0.25, 0.3) is 5.91 Å². The number of aromatic nitrogens is 1. The predicted molar refractivity (Wildman–Crippen MR) is 71.0 cm³/mol. The summed E-state index contributed by atoms with van der Waals surface area (Å²) in [6, 6.07) is 3.86. The smallest absolute Gasteiger partial charge is 0.255 e. The fourth-order valence-electron chi connectivity index (χ4n) is 2.46. The van der Waals surface area contributed by atoms with Gasteiger partial charge in [0.1, 0.15) is 5.82 Å². The normalized spacial score (nSPS) is 19.7. The molecule has 1 aromatic heterocycles. The molecule has 1 aromatic rings. The van der Waals surface area contributed by atoms with Crippen molar-refractivity contribution in [2.75, 3.05) is 12.0 Å². The number of pyridine rings is 1. The number of rotatable bonds is 3. The molecule has 0 aromatic carbocycles. The Kier molecular flexibility index (Phi) is 4.15. The number of nitrogens with zero attached hydrogens (tertiary/aromatic N) is 2. The third-order valence-electron chi connectivity index (χ3n) is 3.52. The van der Waals surface area contributed by atoms with E-state index in [4.69, 9.17) is 5.84 Å². The second kappa shape index (κ2) is 5.82. The van der Waals surface area contributed by atoms with E-state index < -0.39 is 0 Å². The SMILES string of the molecule is CCC1CCCCN1C(=O)c1ccc(NN)nc1. The summed E-state index contributed by atoms with van der Waals surface area (Å²) < 4.78 is 0. The molecule has 1 saturated heterocycles. The van der Waals surface area contributed by atoms with Gasteiger partial charge in [0.05, 0.1) is 5.56 Å². The molecular formula is C13H20N4O. The molecule has 0 aliphatic carbocycles. The molecule has 0 spiro atoms. The first-order chi connectivity index (χ1) is 8.76. The Balaban J connectivity index is 2.13. The van der Waals surface area contributed by atoms with Gasteiger partial charge in [-0.2, -0.15) is 0 Å². The van der Waals surface area contributed by atoms with Gasteiger partial charge in [-0.25, -0.2) is 10.8 Å². The van der Waals surface area contributed by atoms with Gasteiger partial charge in [-0.1, -0.05) is 6.92 Å². The van der Waals surface area contributed by atoms with Crippen LogP contribution >= 0.6 is 0 Å². The van der Waals surface area contributed by atoms with E-state index >= 15 is 0 Å². The summed E-state index contributed by atoms with van der Waals surface area (Å²) in [4.78, 5) is 18.5. The number of nitrogen functional groups attached to an aromatic ring is 1. The van der Waals surface area contributed by atoms with Gasteiger partial charge in [0, 0.05) is 18.8 Å². The summed E-state index contributed by atoms with van der Waals surface area (Å²) in [6.07, 6.45) is 6.02. The van der Waals surface area contributed by atoms with E-state index in [0.717, 1.165) is 25.8 Å². The number of nitrogens with two attached hydrogens (primary N) is 1. The highest BCUT2D eigenvalue weighted by molar-refractivity contribution is 5.94. The van der Waals surface area contributed by atoms with Crippen molar-refractivity contribution in [2.24, 2.45) is 5.84 Å². The predicted octanol–water partition coefficient (Wildman–Crippen LogP) is 1.77. The summed E-state index contributed by atoms with van der Waals surface area (Å²) in [5, 5.41) is 0. The minimum absolute atomic E-state index is 0.0811. The van der Waals surface area contributed by atoms with Crippen molar-refractivity contribution >= 4 is 11.7 Å². The first kappa shape index (κ1) is 12.8. The highest BCUT2D eigenvalue weighted by Crippen LogP contribution is 2.21. The van der Waals surface area contributed by atoms with Crippen molar-refractivity contribution in [1.29, 1.82) is 0 Å². The maximum atomic E-state index is 12.4. The number of likely N-dealkylation sites (tertiary alicyclic amines) is 1. The standard InChI is InChI=1S/C13H20N4O/c1-2-11-5-3-4-8-17(11)13(18)10-6-7-12(16-14)15-9-10/h6-7,9,11H,2-5,8,14H2,1H3,(H,15,16). The van der Waals surface area contributed by atoms with E-state index in [0.29, 0.717) is 17.4 Å². The van der Waals surface area contributed by atoms with Crippen LogP contribution in [0.4, 0.5) is 5.82 Å². The molecule has 1 atom stereocenters. The van der Waals surface area contributed by atoms with Gasteiger partial charge in [0.15, 0.2) is 0 Å². The number of piperidine rings is 1. The molecule has 1 amide bonds. The number of anilines is 1. The maximum Gasteiger partial charge on any atom is 0.255 e. The molecule has 0 saturated carbocycles. The Labute approximate surface area is 107 Å². The lowest BCUT2D eigenvalue weighted by molar-refractivity contribution is 0.0607. The van der Waals surface area contributed by atoms with Gasteiger partial charge in [0.2, 0.25) is 0 Å². The quantitative estimate of drug-likeness (QED) is 0.631. The Morgan fingerprint density at radius 3 is 3.00 bits per heavy atom. The average molecular weight is 248 g/mol. The van der Waals surface area contributed by atoms with Crippen LogP contribution in [0.15, 0.2) is 18.3 Å². The van der Waals surface area contributed by atoms with E-state index in [9.17, 15) is 4.79 Å². The largest absolute Gasteiger partial charge is 0.336 e. The summed E-state index contributed by atoms with van der Waals surface area (Å²) >= 11 is 0. The molecule has 0 bridgehead atoms. The van der Waals surface area contributed by atoms with Crippen LogP contribution in [-0.4, -0.2) is 28.4 Å². The molecule has 3 N–H and O–H groups in total. The number of hydrazine groups is 1. The lowest BCUT2D eigenvalue weighted by Gasteiger charge is -2.35. The van der Waals surface area contributed by atoms with Crippen LogP contribution in [0, 0.1) is 0 Å². The topological polar surface area (TPSA) is 71.2 Å². The van der Waals surface area contributed by atoms with Gasteiger partial charge < -0.3 is 10.3 Å². The molecule has 5 nitrogen and oxygen atoms in total. The zero-order valence-corrected chi connectivity index (χ0v) is 10.7. The number of nitrogens with one attached hydrogen (secondary N) is 1. The van der Waals surface area contributed by atoms with Gasteiger partial charge in [-0.15, -0.1) is 0 Å². The average Bonchev–Trinajstić information content (AvgIpc) is 2.46. The molecule has 1 unspecified atom stereocenters. The van der Waals surface area contributed by atoms with Crippen LogP contribution in [0.3, 0.4) is 0 Å². The van der Waals surface area contributed by atoms with Crippen molar-refractivity contribution in [3.63, 3.8) is 0 Å². The van der Waals surface area contributed by atoms with Crippen molar-refractivity contribution in [2.45, 2.75) is 38.6 Å². The van der Waals surface area contributed by atoms with Crippen LogP contribution in [0.25, 0.3) is 0 Å². The Morgan fingerprint density at radius 1 is 1.56 bits per heavy atom. The minimum atomic E-state index is 0.0811. The number of amides is 1. The third-order valence-corrected chi connectivity index (χ3v) is 3.52. The highest BCUT2D eigenvalue weighted by Gasteiger charge is 2.26. The molecule has 2 rings (SSSR count). The van der Waals surface area contributed by atoms with Crippen molar-refractivity contribution in [3.8, 4) is 0 Å². The van der Waals surface area contributed by atoms with E-state index in [1.165, 1.54) is 6.42 Å². The van der Waals surface area contributed by atoms with E-state index in [2.05, 4.69) is 17.3 Å².